The number of aliphatic hydroxyl groups is 1. The van der Waals surface area contributed by atoms with Gasteiger partial charge >= 0.3 is 0 Å². The third kappa shape index (κ3) is 3.46. The van der Waals surface area contributed by atoms with Crippen molar-refractivity contribution in [2.75, 3.05) is 18.9 Å². The number of aliphatic hydroxyl groups excluding tert-OH is 1. The van der Waals surface area contributed by atoms with Crippen molar-refractivity contribution in [1.29, 1.82) is 0 Å². The molecule has 200 valence electrons. The first-order valence-electron chi connectivity index (χ1n) is 14.6. The van der Waals surface area contributed by atoms with E-state index in [0.717, 1.165) is 50.8 Å². The number of nitrogens with two attached hydrogens (primary N) is 1. The van der Waals surface area contributed by atoms with E-state index >= 15 is 0 Å². The number of carbonyl (C=O) groups is 1. The number of ketones is 1. The second-order valence-corrected chi connectivity index (χ2v) is 15.9. The van der Waals surface area contributed by atoms with E-state index in [4.69, 9.17) is 5.73 Å². The SMILES string of the molecule is C[C@@H]1[C@@H](CO)C[C@@H]2CC3=C4CCC[C@]5(CCN=C(N)N5)C5(CCCCC5)SSCC[C@]2(C)[C@]31CC4=O. The highest BCUT2D eigenvalue weighted by Crippen LogP contribution is 2.75. The van der Waals surface area contributed by atoms with Crippen LogP contribution in [0.5, 0.6) is 0 Å². The van der Waals surface area contributed by atoms with Gasteiger partial charge in [0.25, 0.3) is 0 Å². The monoisotopic (exact) mass is 531 g/mol. The van der Waals surface area contributed by atoms with E-state index in [1.165, 1.54) is 49.7 Å². The minimum atomic E-state index is -0.0381. The molecule has 6 rings (SSSR count). The number of fused-ring (bicyclic) bond motifs is 1. The van der Waals surface area contributed by atoms with E-state index in [9.17, 15) is 9.90 Å². The number of nitrogens with one attached hydrogen (secondary N) is 1. The Morgan fingerprint density at radius 3 is 2.69 bits per heavy atom. The van der Waals surface area contributed by atoms with E-state index in [1.54, 1.807) is 0 Å². The van der Waals surface area contributed by atoms with Crippen LogP contribution in [-0.4, -0.2) is 46.0 Å². The molecule has 3 fully saturated rings. The summed E-state index contributed by atoms with van der Waals surface area (Å²) in [6, 6.07) is 0. The van der Waals surface area contributed by atoms with Gasteiger partial charge in [-0.25, -0.2) is 0 Å². The minimum Gasteiger partial charge on any atom is -0.396 e. The lowest BCUT2D eigenvalue weighted by Crippen LogP contribution is -2.66. The lowest BCUT2D eigenvalue weighted by atomic mass is 9.48. The predicted molar refractivity (Wildman–Crippen MR) is 151 cm³/mol. The standard InChI is InChI=1S/C29H45N3O2S2/c1-19-20(18-33)15-21-16-23-22-7-6-8-27(11-13-31-25(30)32-27)28(9-4-3-5-10-28)36-35-14-12-26(21,2)29(19,23)17-24(22)34/h19-21,33H,3-18H2,1-2H3,(H3,30,31,32)/t19-,20-,21-,26+,27+,29+/m1/s1. The molecule has 0 unspecified atom stereocenters. The zero-order valence-corrected chi connectivity index (χ0v) is 23.9. The largest absolute Gasteiger partial charge is 0.396 e. The van der Waals surface area contributed by atoms with Crippen LogP contribution in [0.3, 0.4) is 0 Å². The Morgan fingerprint density at radius 1 is 1.14 bits per heavy atom. The summed E-state index contributed by atoms with van der Waals surface area (Å²) >= 11 is 0. The molecule has 4 N–H and O–H groups in total. The molecule has 5 nitrogen and oxygen atoms in total. The first-order chi connectivity index (χ1) is 17.3. The summed E-state index contributed by atoms with van der Waals surface area (Å²) in [5, 5.41) is 14.1. The van der Waals surface area contributed by atoms with Gasteiger partial charge < -0.3 is 16.2 Å². The summed E-state index contributed by atoms with van der Waals surface area (Å²) in [5.74, 6) is 3.46. The van der Waals surface area contributed by atoms with E-state index in [1.807, 2.05) is 0 Å². The smallest absolute Gasteiger partial charge is 0.189 e. The molecule has 6 atom stereocenters. The van der Waals surface area contributed by atoms with Crippen LogP contribution in [0.1, 0.15) is 97.3 Å². The average molecular weight is 532 g/mol. The fraction of sp³-hybridized carbons (Fsp3) is 0.862. The van der Waals surface area contributed by atoms with Gasteiger partial charge in [-0.05, 0) is 86.5 Å². The molecule has 2 heterocycles. The van der Waals surface area contributed by atoms with Crippen molar-refractivity contribution in [3.8, 4) is 0 Å². The van der Waals surface area contributed by atoms with Crippen molar-refractivity contribution in [2.45, 2.75) is 108 Å². The van der Waals surface area contributed by atoms with Gasteiger partial charge in [-0.15, -0.1) is 0 Å². The third-order valence-electron chi connectivity index (χ3n) is 12.0. The minimum absolute atomic E-state index is 0.0323. The molecule has 0 radical (unpaired) electrons. The van der Waals surface area contributed by atoms with Gasteiger partial charge in [0.15, 0.2) is 11.7 Å². The van der Waals surface area contributed by atoms with Gasteiger partial charge in [0.05, 0.1) is 5.54 Å². The maximum atomic E-state index is 13.7. The molecule has 0 aromatic rings. The normalized spacial score (nSPS) is 44.6. The van der Waals surface area contributed by atoms with Gasteiger partial charge in [0.1, 0.15) is 0 Å². The number of carbonyl (C=O) groups excluding carboxylic acids is 1. The second kappa shape index (κ2) is 9.22. The van der Waals surface area contributed by atoms with Gasteiger partial charge in [-0.1, -0.05) is 60.3 Å². The molecule has 7 heteroatoms. The predicted octanol–water partition coefficient (Wildman–Crippen LogP) is 5.62. The highest BCUT2D eigenvalue weighted by atomic mass is 33.1. The Morgan fingerprint density at radius 2 is 1.94 bits per heavy atom. The molecule has 36 heavy (non-hydrogen) atoms. The number of Topliss-reactive ketones (excluding diaryl/α,β-unsaturated/α-hetero) is 1. The van der Waals surface area contributed by atoms with Crippen molar-refractivity contribution in [3.63, 3.8) is 0 Å². The first-order valence-corrected chi connectivity index (χ1v) is 16.9. The zero-order chi connectivity index (χ0) is 25.2. The van der Waals surface area contributed by atoms with Gasteiger partial charge in [0, 0.05) is 35.5 Å². The number of rotatable bonds is 1. The number of aliphatic imine (C=N–C) groups is 1. The fourth-order valence-corrected chi connectivity index (χ4v) is 13.9. The molecule has 0 aromatic carbocycles. The lowest BCUT2D eigenvalue weighted by molar-refractivity contribution is -0.123. The summed E-state index contributed by atoms with van der Waals surface area (Å²) in [6.07, 6.45) is 14.5. The maximum Gasteiger partial charge on any atom is 0.189 e. The molecule has 3 spiro atoms. The summed E-state index contributed by atoms with van der Waals surface area (Å²) in [4.78, 5) is 18.3. The van der Waals surface area contributed by atoms with Crippen LogP contribution >= 0.6 is 21.6 Å². The zero-order valence-electron chi connectivity index (χ0n) is 22.2. The molecule has 4 aliphatic carbocycles. The summed E-state index contributed by atoms with van der Waals surface area (Å²) in [7, 11) is 4.27. The topological polar surface area (TPSA) is 87.7 Å². The molecule has 6 aliphatic rings. The highest BCUT2D eigenvalue weighted by Gasteiger charge is 2.69. The molecular weight excluding hydrogens is 486 g/mol. The molecule has 5 bridgehead atoms. The third-order valence-corrected chi connectivity index (χ3v) is 15.4. The number of nitrogens with zero attached hydrogens (tertiary/aromatic N) is 1. The van der Waals surface area contributed by atoms with Crippen LogP contribution in [0.2, 0.25) is 0 Å². The molecule has 2 aliphatic heterocycles. The van der Waals surface area contributed by atoms with Crippen LogP contribution in [0.4, 0.5) is 0 Å². The van der Waals surface area contributed by atoms with Crippen molar-refractivity contribution in [2.24, 2.45) is 39.3 Å². The highest BCUT2D eigenvalue weighted by molar-refractivity contribution is 8.77. The Labute approximate surface area is 225 Å². The second-order valence-electron chi connectivity index (χ2n) is 13.1. The van der Waals surface area contributed by atoms with Crippen molar-refractivity contribution in [3.05, 3.63) is 11.1 Å². The molecule has 3 saturated carbocycles. The summed E-state index contributed by atoms with van der Waals surface area (Å²) in [6.45, 7) is 5.95. The van der Waals surface area contributed by atoms with E-state index in [2.05, 4.69) is 45.7 Å². The Hall–Kier alpha value is -0.660. The molecular formula is C29H45N3O2S2. The van der Waals surface area contributed by atoms with Crippen LogP contribution in [-0.2, 0) is 4.79 Å². The van der Waals surface area contributed by atoms with Gasteiger partial charge in [-0.2, -0.15) is 0 Å². The van der Waals surface area contributed by atoms with Crippen LogP contribution in [0, 0.1) is 28.6 Å². The average Bonchev–Trinajstić information content (AvgIpc) is 3.22. The summed E-state index contributed by atoms with van der Waals surface area (Å²) < 4.78 is 0.175. The Balaban J connectivity index is 1.40. The molecule has 0 saturated heterocycles. The van der Waals surface area contributed by atoms with E-state index in [-0.39, 0.29) is 27.7 Å². The van der Waals surface area contributed by atoms with E-state index in [0.29, 0.717) is 35.9 Å². The van der Waals surface area contributed by atoms with Crippen molar-refractivity contribution >= 4 is 33.3 Å². The van der Waals surface area contributed by atoms with Crippen LogP contribution in [0.15, 0.2) is 16.1 Å². The molecule has 0 aromatic heterocycles. The fourth-order valence-electron chi connectivity index (χ4n) is 10.0. The lowest BCUT2D eigenvalue weighted by Gasteiger charge is -2.56. The van der Waals surface area contributed by atoms with Crippen molar-refractivity contribution in [1.82, 2.24) is 5.32 Å². The Kier molecular flexibility index (Phi) is 6.56. The first kappa shape index (κ1) is 25.6. The number of hydrogen-bond donors (Lipinski definition) is 3. The summed E-state index contributed by atoms with van der Waals surface area (Å²) in [5.41, 5.74) is 9.14. The molecule has 0 amide bonds. The maximum absolute atomic E-state index is 13.7. The van der Waals surface area contributed by atoms with Gasteiger partial charge in [0.2, 0.25) is 0 Å². The van der Waals surface area contributed by atoms with Crippen LogP contribution in [0.25, 0.3) is 0 Å². The van der Waals surface area contributed by atoms with E-state index < -0.39 is 0 Å². The van der Waals surface area contributed by atoms with Crippen LogP contribution < -0.4 is 11.1 Å². The number of guanidine groups is 1. The van der Waals surface area contributed by atoms with Gasteiger partial charge in [-0.3, -0.25) is 9.79 Å². The Bertz CT molecular complexity index is 976. The van der Waals surface area contributed by atoms with Crippen molar-refractivity contribution < 1.29 is 9.90 Å². The quantitative estimate of drug-likeness (QED) is 0.381. The number of hydrogen-bond acceptors (Lipinski definition) is 7. The number of allylic oxidation sites excluding steroid dienone is 2.